The third-order valence-electron chi connectivity index (χ3n) is 6.14. The van der Waals surface area contributed by atoms with Gasteiger partial charge in [0.1, 0.15) is 0 Å². The van der Waals surface area contributed by atoms with E-state index in [2.05, 4.69) is 39.7 Å². The molecule has 1 aliphatic heterocycles. The van der Waals surface area contributed by atoms with Crippen LogP contribution < -0.4 is 10.2 Å². The topological polar surface area (TPSA) is 33.1 Å². The van der Waals surface area contributed by atoms with Gasteiger partial charge in [0.15, 0.2) is 5.11 Å². The quantitative estimate of drug-likeness (QED) is 0.277. The van der Waals surface area contributed by atoms with Crippen LogP contribution in [0.15, 0.2) is 72.9 Å². The van der Waals surface area contributed by atoms with Crippen LogP contribution in [0, 0.1) is 13.8 Å². The van der Waals surface area contributed by atoms with Gasteiger partial charge in [0.2, 0.25) is 0 Å². The third kappa shape index (κ3) is 4.07. The van der Waals surface area contributed by atoms with Crippen LogP contribution in [0.2, 0.25) is 15.1 Å². The first-order chi connectivity index (χ1) is 16.3. The molecule has 2 aromatic heterocycles. The van der Waals surface area contributed by atoms with E-state index < -0.39 is 0 Å². The van der Waals surface area contributed by atoms with Gasteiger partial charge in [0.05, 0.1) is 28.5 Å². The maximum absolute atomic E-state index is 6.59. The highest BCUT2D eigenvalue weighted by Crippen LogP contribution is 2.44. The van der Waals surface area contributed by atoms with Crippen LogP contribution in [0.1, 0.15) is 34.7 Å². The van der Waals surface area contributed by atoms with Crippen molar-refractivity contribution in [2.24, 2.45) is 0 Å². The summed E-state index contributed by atoms with van der Waals surface area (Å²) in [6, 6.07) is 21.1. The molecule has 3 heterocycles. The second-order valence-corrected chi connectivity index (χ2v) is 9.90. The number of anilines is 1. The molecule has 0 bridgehead atoms. The Kier molecular flexibility index (Phi) is 6.30. The fourth-order valence-electron chi connectivity index (χ4n) is 4.67. The van der Waals surface area contributed by atoms with Crippen molar-refractivity contribution in [1.29, 1.82) is 0 Å². The monoisotopic (exact) mass is 526 g/mol. The Morgan fingerprint density at radius 2 is 1.65 bits per heavy atom. The molecule has 0 spiro atoms. The van der Waals surface area contributed by atoms with Crippen molar-refractivity contribution in [2.75, 3.05) is 4.90 Å². The predicted octanol–water partition coefficient (Wildman–Crippen LogP) is 7.63. The summed E-state index contributed by atoms with van der Waals surface area (Å²) in [6.07, 6.45) is 1.80. The number of rotatable bonds is 4. The van der Waals surface area contributed by atoms with Crippen LogP contribution in [-0.2, 0) is 0 Å². The zero-order chi connectivity index (χ0) is 24.0. The molecule has 0 unspecified atom stereocenters. The summed E-state index contributed by atoms with van der Waals surface area (Å²) in [5.74, 6) is 0. The number of hydrogen-bond acceptors (Lipinski definition) is 2. The van der Waals surface area contributed by atoms with E-state index in [4.69, 9.17) is 47.0 Å². The van der Waals surface area contributed by atoms with Gasteiger partial charge < -0.3 is 14.8 Å². The van der Waals surface area contributed by atoms with Crippen molar-refractivity contribution in [1.82, 2.24) is 14.9 Å². The van der Waals surface area contributed by atoms with Crippen LogP contribution in [-0.4, -0.2) is 14.7 Å². The van der Waals surface area contributed by atoms with E-state index in [1.807, 2.05) is 54.6 Å². The standard InChI is InChI=1S/C26H21Cl3N4S/c1-15-13-20(16(2)32(15)23-11-8-18(28)14-21(23)29)25-24(22-5-3-4-12-30-22)31-26(34)33(25)19-9-6-17(27)7-10-19/h3-14,24-25H,1-2H3,(H,31,34)/t24-,25-/m1/s1. The smallest absolute Gasteiger partial charge is 0.174 e. The van der Waals surface area contributed by atoms with E-state index in [1.165, 1.54) is 0 Å². The maximum atomic E-state index is 6.59. The van der Waals surface area contributed by atoms with Gasteiger partial charge in [-0.2, -0.15) is 0 Å². The van der Waals surface area contributed by atoms with Gasteiger partial charge >= 0.3 is 0 Å². The summed E-state index contributed by atoms with van der Waals surface area (Å²) in [5, 5.41) is 6.02. The Bertz CT molecular complexity index is 1370. The molecule has 8 heteroatoms. The SMILES string of the molecule is Cc1cc([C@@H]2[C@@H](c3ccccn3)NC(=S)N2c2ccc(Cl)cc2)c(C)n1-c1ccc(Cl)cc1Cl. The Morgan fingerprint density at radius 3 is 2.32 bits per heavy atom. The maximum Gasteiger partial charge on any atom is 0.174 e. The molecule has 2 atom stereocenters. The number of nitrogens with zero attached hydrogens (tertiary/aromatic N) is 3. The molecule has 172 valence electrons. The minimum atomic E-state index is -0.140. The van der Waals surface area contributed by atoms with Crippen LogP contribution in [0.3, 0.4) is 0 Å². The molecule has 1 N–H and O–H groups in total. The van der Waals surface area contributed by atoms with E-state index in [9.17, 15) is 0 Å². The Labute approximate surface area is 219 Å². The van der Waals surface area contributed by atoms with Gasteiger partial charge in [-0.3, -0.25) is 4.98 Å². The fourth-order valence-corrected chi connectivity index (χ4v) is 5.64. The van der Waals surface area contributed by atoms with E-state index >= 15 is 0 Å². The molecule has 4 nitrogen and oxygen atoms in total. The lowest BCUT2D eigenvalue weighted by Crippen LogP contribution is -2.29. The van der Waals surface area contributed by atoms with E-state index in [-0.39, 0.29) is 12.1 Å². The number of hydrogen-bond donors (Lipinski definition) is 1. The summed E-state index contributed by atoms with van der Waals surface area (Å²) in [4.78, 5) is 6.78. The first kappa shape index (κ1) is 23.2. The molecule has 1 fully saturated rings. The second-order valence-electron chi connectivity index (χ2n) is 8.23. The Balaban J connectivity index is 1.69. The highest BCUT2D eigenvalue weighted by Gasteiger charge is 2.42. The normalized spacial score (nSPS) is 17.8. The number of benzene rings is 2. The molecular formula is C26H21Cl3N4S. The van der Waals surface area contributed by atoms with Crippen LogP contribution >= 0.6 is 47.0 Å². The number of thiocarbonyl (C=S) groups is 1. The lowest BCUT2D eigenvalue weighted by molar-refractivity contribution is 0.565. The highest BCUT2D eigenvalue weighted by molar-refractivity contribution is 7.80. The number of halogens is 3. The molecule has 0 aliphatic carbocycles. The third-order valence-corrected chi connectivity index (χ3v) is 7.25. The largest absolute Gasteiger partial charge is 0.351 e. The molecule has 1 saturated heterocycles. The summed E-state index contributed by atoms with van der Waals surface area (Å²) < 4.78 is 2.16. The van der Waals surface area contributed by atoms with Crippen LogP contribution in [0.25, 0.3) is 5.69 Å². The van der Waals surface area contributed by atoms with E-state index in [0.717, 1.165) is 34.0 Å². The molecule has 0 radical (unpaired) electrons. The fraction of sp³-hybridized carbons (Fsp3) is 0.154. The molecule has 0 amide bonds. The first-order valence-corrected chi connectivity index (χ1v) is 12.3. The zero-order valence-electron chi connectivity index (χ0n) is 18.5. The Morgan fingerprint density at radius 1 is 0.912 bits per heavy atom. The molecule has 1 aliphatic rings. The summed E-state index contributed by atoms with van der Waals surface area (Å²) in [7, 11) is 0. The van der Waals surface area contributed by atoms with Gasteiger partial charge in [-0.05, 0) is 92.3 Å². The van der Waals surface area contributed by atoms with Crippen LogP contribution in [0.5, 0.6) is 0 Å². The zero-order valence-corrected chi connectivity index (χ0v) is 21.6. The number of pyridine rings is 1. The van der Waals surface area contributed by atoms with Crippen LogP contribution in [0.4, 0.5) is 5.69 Å². The minimum Gasteiger partial charge on any atom is -0.351 e. The molecule has 5 rings (SSSR count). The summed E-state index contributed by atoms with van der Waals surface area (Å²) >= 11 is 24.8. The summed E-state index contributed by atoms with van der Waals surface area (Å²) in [5.41, 5.74) is 6.01. The average molecular weight is 528 g/mol. The van der Waals surface area contributed by atoms with Crippen molar-refractivity contribution in [3.63, 3.8) is 0 Å². The van der Waals surface area contributed by atoms with Gasteiger partial charge in [-0.1, -0.05) is 40.9 Å². The molecular weight excluding hydrogens is 507 g/mol. The van der Waals surface area contributed by atoms with Crippen molar-refractivity contribution in [2.45, 2.75) is 25.9 Å². The second kappa shape index (κ2) is 9.23. The van der Waals surface area contributed by atoms with Gasteiger partial charge in [-0.15, -0.1) is 0 Å². The minimum absolute atomic E-state index is 0.130. The Hall–Kier alpha value is -2.57. The van der Waals surface area contributed by atoms with E-state index in [1.54, 1.807) is 12.3 Å². The van der Waals surface area contributed by atoms with Crippen molar-refractivity contribution < 1.29 is 0 Å². The molecule has 34 heavy (non-hydrogen) atoms. The lowest BCUT2D eigenvalue weighted by atomic mass is 9.96. The number of aryl methyl sites for hydroxylation is 1. The first-order valence-electron chi connectivity index (χ1n) is 10.8. The predicted molar refractivity (Wildman–Crippen MR) is 145 cm³/mol. The number of aromatic nitrogens is 2. The van der Waals surface area contributed by atoms with E-state index in [0.29, 0.717) is 20.2 Å². The van der Waals surface area contributed by atoms with Gasteiger partial charge in [-0.25, -0.2) is 0 Å². The van der Waals surface area contributed by atoms with Crippen molar-refractivity contribution in [3.05, 3.63) is 111 Å². The van der Waals surface area contributed by atoms with Gasteiger partial charge in [0.25, 0.3) is 0 Å². The molecule has 4 aromatic rings. The van der Waals surface area contributed by atoms with Gasteiger partial charge in [0, 0.05) is 33.3 Å². The lowest BCUT2D eigenvalue weighted by Gasteiger charge is -2.28. The van der Waals surface area contributed by atoms with Crippen molar-refractivity contribution in [3.8, 4) is 5.69 Å². The number of nitrogens with one attached hydrogen (secondary N) is 1. The van der Waals surface area contributed by atoms with Crippen molar-refractivity contribution >= 4 is 57.8 Å². The molecule has 2 aromatic carbocycles. The highest BCUT2D eigenvalue weighted by atomic mass is 35.5. The molecule has 0 saturated carbocycles. The summed E-state index contributed by atoms with van der Waals surface area (Å²) in [6.45, 7) is 4.18. The average Bonchev–Trinajstić information content (AvgIpc) is 3.31.